The maximum Gasteiger partial charge on any atom is 0.308 e. The number of carbonyl (C=O) groups is 1. The van der Waals surface area contributed by atoms with Crippen LogP contribution in [0.4, 0.5) is 0 Å². The first-order valence-corrected chi connectivity index (χ1v) is 9.89. The molecule has 0 saturated heterocycles. The Morgan fingerprint density at radius 3 is 2.14 bits per heavy atom. The van der Waals surface area contributed by atoms with E-state index in [1.54, 1.807) is 0 Å². The van der Waals surface area contributed by atoms with E-state index in [4.69, 9.17) is 4.74 Å². The van der Waals surface area contributed by atoms with Crippen molar-refractivity contribution in [3.8, 4) is 0 Å². The predicted molar refractivity (Wildman–Crippen MR) is 91.7 cm³/mol. The summed E-state index contributed by atoms with van der Waals surface area (Å²) in [6.07, 6.45) is 16.7. The first kappa shape index (κ1) is 17.8. The lowest BCUT2D eigenvalue weighted by Crippen LogP contribution is -2.25. The van der Waals surface area contributed by atoms with Crippen molar-refractivity contribution in [2.24, 2.45) is 17.8 Å². The van der Waals surface area contributed by atoms with E-state index in [2.05, 4.69) is 13.8 Å². The third-order valence-electron chi connectivity index (χ3n) is 5.91. The van der Waals surface area contributed by atoms with Crippen molar-refractivity contribution in [1.82, 2.24) is 0 Å². The second kappa shape index (κ2) is 9.57. The molecule has 22 heavy (non-hydrogen) atoms. The molecular weight excluding hydrogens is 272 g/mol. The average Bonchev–Trinajstić information content (AvgIpc) is 2.55. The van der Waals surface area contributed by atoms with Gasteiger partial charge < -0.3 is 4.74 Å². The molecule has 0 radical (unpaired) electrons. The lowest BCUT2D eigenvalue weighted by molar-refractivity contribution is -0.155. The molecule has 2 aliphatic rings. The molecule has 2 heteroatoms. The molecule has 0 aromatic rings. The van der Waals surface area contributed by atoms with Crippen LogP contribution in [0.2, 0.25) is 0 Å². The summed E-state index contributed by atoms with van der Waals surface area (Å²) < 4.78 is 5.70. The van der Waals surface area contributed by atoms with Crippen LogP contribution in [0.3, 0.4) is 0 Å². The topological polar surface area (TPSA) is 26.3 Å². The Hall–Kier alpha value is -0.530. The summed E-state index contributed by atoms with van der Waals surface area (Å²) in [6.45, 7) is 4.36. The first-order chi connectivity index (χ1) is 10.7. The van der Waals surface area contributed by atoms with Gasteiger partial charge in [-0.1, -0.05) is 58.8 Å². The molecule has 2 fully saturated rings. The summed E-state index contributed by atoms with van der Waals surface area (Å²) in [5, 5.41) is 0. The number of hydrogen-bond donors (Lipinski definition) is 0. The lowest BCUT2D eigenvalue weighted by atomic mass is 9.77. The molecule has 0 aliphatic heterocycles. The highest BCUT2D eigenvalue weighted by Crippen LogP contribution is 2.34. The van der Waals surface area contributed by atoms with Crippen molar-refractivity contribution >= 4 is 5.97 Å². The van der Waals surface area contributed by atoms with Gasteiger partial charge in [-0.3, -0.25) is 4.79 Å². The van der Waals surface area contributed by atoms with E-state index in [9.17, 15) is 4.79 Å². The number of esters is 1. The smallest absolute Gasteiger partial charge is 0.308 e. The quantitative estimate of drug-likeness (QED) is 0.548. The van der Waals surface area contributed by atoms with Gasteiger partial charge in [-0.25, -0.2) is 0 Å². The van der Waals surface area contributed by atoms with Gasteiger partial charge in [0.15, 0.2) is 0 Å². The third-order valence-corrected chi connectivity index (χ3v) is 5.91. The summed E-state index contributed by atoms with van der Waals surface area (Å²) in [5.41, 5.74) is 0. The first-order valence-electron chi connectivity index (χ1n) is 9.89. The van der Waals surface area contributed by atoms with Gasteiger partial charge in [0.05, 0.1) is 5.92 Å². The van der Waals surface area contributed by atoms with Gasteiger partial charge in [-0.2, -0.15) is 0 Å². The van der Waals surface area contributed by atoms with Crippen LogP contribution < -0.4 is 0 Å². The average molecular weight is 309 g/mol. The fraction of sp³-hybridized carbons (Fsp3) is 0.950. The Bertz CT molecular complexity index is 312. The monoisotopic (exact) mass is 308 g/mol. The van der Waals surface area contributed by atoms with Crippen molar-refractivity contribution in [1.29, 1.82) is 0 Å². The predicted octanol–water partition coefficient (Wildman–Crippen LogP) is 5.89. The summed E-state index contributed by atoms with van der Waals surface area (Å²) >= 11 is 0. The molecule has 1 unspecified atom stereocenters. The van der Waals surface area contributed by atoms with Crippen LogP contribution in [0.25, 0.3) is 0 Å². The van der Waals surface area contributed by atoms with Gasteiger partial charge >= 0.3 is 5.97 Å². The molecule has 0 spiro atoms. The van der Waals surface area contributed by atoms with Gasteiger partial charge in [-0.05, 0) is 50.4 Å². The maximum absolute atomic E-state index is 12.2. The molecule has 128 valence electrons. The molecule has 2 saturated carbocycles. The highest BCUT2D eigenvalue weighted by atomic mass is 16.5. The Labute approximate surface area is 137 Å². The van der Waals surface area contributed by atoms with E-state index in [0.29, 0.717) is 0 Å². The molecule has 0 aromatic carbocycles. The van der Waals surface area contributed by atoms with Crippen molar-refractivity contribution in [2.45, 2.75) is 103 Å². The summed E-state index contributed by atoms with van der Waals surface area (Å²) in [7, 11) is 0. The van der Waals surface area contributed by atoms with E-state index in [0.717, 1.165) is 31.1 Å². The minimum absolute atomic E-state index is 0.0616. The van der Waals surface area contributed by atoms with Crippen LogP contribution in [-0.4, -0.2) is 12.1 Å². The standard InChI is InChI=1S/C20H36O2/c1-3-7-17-12-14-18(15-13-17)11-10-16(2)20(21)22-19-8-5-4-6-9-19/h16-19H,3-15H2,1-2H3. The molecule has 2 nitrogen and oxygen atoms in total. The Balaban J connectivity index is 1.60. The van der Waals surface area contributed by atoms with Crippen LogP contribution in [0, 0.1) is 17.8 Å². The molecular formula is C20H36O2. The van der Waals surface area contributed by atoms with Crippen LogP contribution in [0.15, 0.2) is 0 Å². The van der Waals surface area contributed by atoms with E-state index < -0.39 is 0 Å². The summed E-state index contributed by atoms with van der Waals surface area (Å²) in [6, 6.07) is 0. The van der Waals surface area contributed by atoms with Gasteiger partial charge in [0.25, 0.3) is 0 Å². The third kappa shape index (κ3) is 5.93. The van der Waals surface area contributed by atoms with Crippen LogP contribution >= 0.6 is 0 Å². The summed E-state index contributed by atoms with van der Waals surface area (Å²) in [4.78, 5) is 12.2. The molecule has 0 heterocycles. The van der Waals surface area contributed by atoms with Crippen molar-refractivity contribution in [3.63, 3.8) is 0 Å². The number of hydrogen-bond acceptors (Lipinski definition) is 2. The molecule has 0 aromatic heterocycles. The SMILES string of the molecule is CCCC1CCC(CCC(C)C(=O)OC2CCCCC2)CC1. The number of carbonyl (C=O) groups excluding carboxylic acids is 1. The minimum atomic E-state index is 0.0616. The molecule has 2 aliphatic carbocycles. The van der Waals surface area contributed by atoms with E-state index in [1.165, 1.54) is 64.2 Å². The zero-order valence-corrected chi connectivity index (χ0v) is 14.8. The van der Waals surface area contributed by atoms with Crippen LogP contribution in [0.5, 0.6) is 0 Å². The van der Waals surface area contributed by atoms with E-state index in [1.807, 2.05) is 0 Å². The molecule has 0 bridgehead atoms. The van der Waals surface area contributed by atoms with Crippen LogP contribution in [0.1, 0.15) is 97.3 Å². The Kier molecular flexibility index (Phi) is 7.75. The second-order valence-corrected chi connectivity index (χ2v) is 7.85. The Morgan fingerprint density at radius 2 is 1.55 bits per heavy atom. The van der Waals surface area contributed by atoms with Gasteiger partial charge in [0.2, 0.25) is 0 Å². The largest absolute Gasteiger partial charge is 0.462 e. The normalized spacial score (nSPS) is 28.3. The van der Waals surface area contributed by atoms with Crippen molar-refractivity contribution in [3.05, 3.63) is 0 Å². The number of rotatable bonds is 7. The highest BCUT2D eigenvalue weighted by molar-refractivity contribution is 5.72. The zero-order chi connectivity index (χ0) is 15.8. The molecule has 0 N–H and O–H groups in total. The lowest BCUT2D eigenvalue weighted by Gasteiger charge is -2.29. The molecule has 1 atom stereocenters. The maximum atomic E-state index is 12.2. The molecule has 0 amide bonds. The zero-order valence-electron chi connectivity index (χ0n) is 14.8. The van der Waals surface area contributed by atoms with Gasteiger partial charge in [0.1, 0.15) is 6.10 Å². The van der Waals surface area contributed by atoms with Crippen LogP contribution in [-0.2, 0) is 9.53 Å². The van der Waals surface area contributed by atoms with Gasteiger partial charge in [0, 0.05) is 0 Å². The summed E-state index contributed by atoms with van der Waals surface area (Å²) in [5.74, 6) is 2.00. The van der Waals surface area contributed by atoms with Gasteiger partial charge in [-0.15, -0.1) is 0 Å². The second-order valence-electron chi connectivity index (χ2n) is 7.85. The number of ether oxygens (including phenoxy) is 1. The fourth-order valence-electron chi connectivity index (χ4n) is 4.28. The Morgan fingerprint density at radius 1 is 0.955 bits per heavy atom. The van der Waals surface area contributed by atoms with E-state index >= 15 is 0 Å². The van der Waals surface area contributed by atoms with Crippen molar-refractivity contribution < 1.29 is 9.53 Å². The molecule has 2 rings (SSSR count). The minimum Gasteiger partial charge on any atom is -0.462 e. The highest BCUT2D eigenvalue weighted by Gasteiger charge is 2.24. The van der Waals surface area contributed by atoms with Crippen molar-refractivity contribution in [2.75, 3.05) is 0 Å². The fourth-order valence-corrected chi connectivity index (χ4v) is 4.28. The van der Waals surface area contributed by atoms with E-state index in [-0.39, 0.29) is 18.0 Å².